The number of carbonyl (C=O) groups excluding carboxylic acids is 1. The van der Waals surface area contributed by atoms with Gasteiger partial charge in [0.2, 0.25) is 0 Å². The molecule has 1 aromatic heterocycles. The number of aromatic nitrogens is 1. The number of carboxylic acid groups (broad SMARTS) is 1. The van der Waals surface area contributed by atoms with Crippen LogP contribution in [-0.4, -0.2) is 39.2 Å². The molecule has 1 amide bonds. The number of aromatic amines is 1. The average molecular weight is 332 g/mol. The third-order valence-corrected chi connectivity index (χ3v) is 3.53. The molecule has 0 radical (unpaired) electrons. The highest BCUT2D eigenvalue weighted by atomic mass is 16.6. The van der Waals surface area contributed by atoms with Crippen molar-refractivity contribution >= 4 is 23.0 Å². The number of para-hydroxylation sites is 1. The smallest absolute Gasteiger partial charge is 0.410 e. The number of hydrogen-bond donors (Lipinski definition) is 2. The molecule has 24 heavy (non-hydrogen) atoms. The van der Waals surface area contributed by atoms with E-state index < -0.39 is 11.6 Å². The lowest BCUT2D eigenvalue weighted by Gasteiger charge is -2.30. The summed E-state index contributed by atoms with van der Waals surface area (Å²) in [7, 11) is 0. The molecule has 0 bridgehead atoms. The van der Waals surface area contributed by atoms with Gasteiger partial charge in [-0.1, -0.05) is 18.2 Å². The zero-order chi connectivity index (χ0) is 17.9. The van der Waals surface area contributed by atoms with Gasteiger partial charge in [-0.05, 0) is 38.8 Å². The molecule has 0 atom stereocenters. The quantitative estimate of drug-likeness (QED) is 0.773. The number of benzene rings is 1. The van der Waals surface area contributed by atoms with Gasteiger partial charge < -0.3 is 19.7 Å². The highest BCUT2D eigenvalue weighted by Crippen LogP contribution is 2.28. The largest absolute Gasteiger partial charge is 0.481 e. The predicted molar refractivity (Wildman–Crippen MR) is 92.0 cm³/mol. The molecule has 2 aromatic rings. The summed E-state index contributed by atoms with van der Waals surface area (Å²) >= 11 is 0. The fourth-order valence-electron chi connectivity index (χ4n) is 2.68. The summed E-state index contributed by atoms with van der Waals surface area (Å²) in [6, 6.07) is 8.28. The van der Waals surface area contributed by atoms with E-state index in [1.54, 1.807) is 4.90 Å². The van der Waals surface area contributed by atoms with Gasteiger partial charge in [0.15, 0.2) is 0 Å². The Kier molecular flexibility index (Phi) is 5.17. The molecule has 0 unspecified atom stereocenters. The number of rotatable bonds is 0. The minimum Gasteiger partial charge on any atom is -0.481 e. The van der Waals surface area contributed by atoms with Crippen molar-refractivity contribution < 1.29 is 19.4 Å². The molecule has 6 heteroatoms. The Labute approximate surface area is 141 Å². The van der Waals surface area contributed by atoms with Crippen molar-refractivity contribution in [3.63, 3.8) is 0 Å². The highest BCUT2D eigenvalue weighted by Gasteiger charge is 2.27. The van der Waals surface area contributed by atoms with Gasteiger partial charge in [-0.2, -0.15) is 0 Å². The van der Waals surface area contributed by atoms with Crippen LogP contribution in [0.1, 0.15) is 39.0 Å². The third-order valence-electron chi connectivity index (χ3n) is 3.53. The van der Waals surface area contributed by atoms with Crippen LogP contribution in [0.4, 0.5) is 4.79 Å². The molecule has 6 nitrogen and oxygen atoms in total. The average Bonchev–Trinajstić information content (AvgIpc) is 2.82. The van der Waals surface area contributed by atoms with Crippen molar-refractivity contribution in [1.29, 1.82) is 0 Å². The lowest BCUT2D eigenvalue weighted by molar-refractivity contribution is -0.134. The number of hydrogen-bond acceptors (Lipinski definition) is 3. The standard InChI is InChI=1S/C16H20N2O2.C2H4O2/c1-16(2,3)20-15(19)18-9-8-12-11-6-4-5-7-13(11)17-14(12)10-18;1-2(3)4/h4-7,17H,8-10H2,1-3H3;1H3,(H,3,4). The summed E-state index contributed by atoms with van der Waals surface area (Å²) in [5.74, 6) is -0.833. The minimum absolute atomic E-state index is 0.234. The van der Waals surface area contributed by atoms with Crippen LogP contribution in [0.3, 0.4) is 0 Å². The molecule has 130 valence electrons. The maximum absolute atomic E-state index is 12.1. The zero-order valence-corrected chi connectivity index (χ0v) is 14.5. The lowest BCUT2D eigenvalue weighted by atomic mass is 10.0. The van der Waals surface area contributed by atoms with Crippen LogP contribution in [0.5, 0.6) is 0 Å². The van der Waals surface area contributed by atoms with Gasteiger partial charge in [0.1, 0.15) is 5.60 Å². The summed E-state index contributed by atoms with van der Waals surface area (Å²) in [5, 5.41) is 8.69. The van der Waals surface area contributed by atoms with E-state index in [4.69, 9.17) is 14.6 Å². The van der Waals surface area contributed by atoms with Crippen LogP contribution in [0.25, 0.3) is 10.9 Å². The van der Waals surface area contributed by atoms with Gasteiger partial charge in [0.05, 0.1) is 6.54 Å². The van der Waals surface area contributed by atoms with Gasteiger partial charge in [0.25, 0.3) is 5.97 Å². The Bertz CT molecular complexity index is 739. The fourth-order valence-corrected chi connectivity index (χ4v) is 2.68. The number of amides is 1. The van der Waals surface area contributed by atoms with Crippen molar-refractivity contribution in [2.45, 2.75) is 46.3 Å². The minimum atomic E-state index is -0.833. The second kappa shape index (κ2) is 6.95. The van der Waals surface area contributed by atoms with E-state index >= 15 is 0 Å². The monoisotopic (exact) mass is 332 g/mol. The van der Waals surface area contributed by atoms with E-state index in [-0.39, 0.29) is 6.09 Å². The second-order valence-corrected chi connectivity index (χ2v) is 6.80. The first-order valence-electron chi connectivity index (χ1n) is 7.93. The van der Waals surface area contributed by atoms with Crippen LogP contribution >= 0.6 is 0 Å². The van der Waals surface area contributed by atoms with E-state index in [1.165, 1.54) is 10.9 Å². The van der Waals surface area contributed by atoms with Crippen LogP contribution in [0.15, 0.2) is 24.3 Å². The predicted octanol–water partition coefficient (Wildman–Crippen LogP) is 3.55. The molecule has 0 fully saturated rings. The maximum atomic E-state index is 12.1. The van der Waals surface area contributed by atoms with E-state index in [2.05, 4.69) is 23.2 Å². The molecule has 1 aliphatic rings. The van der Waals surface area contributed by atoms with Crippen molar-refractivity contribution in [2.75, 3.05) is 6.54 Å². The molecule has 0 saturated carbocycles. The van der Waals surface area contributed by atoms with Gasteiger partial charge in [-0.25, -0.2) is 4.79 Å². The van der Waals surface area contributed by atoms with Crippen molar-refractivity contribution in [3.8, 4) is 0 Å². The van der Waals surface area contributed by atoms with Crippen molar-refractivity contribution in [2.24, 2.45) is 0 Å². The number of fused-ring (bicyclic) bond motifs is 3. The van der Waals surface area contributed by atoms with E-state index in [0.717, 1.165) is 24.6 Å². The molecule has 0 spiro atoms. The summed E-state index contributed by atoms with van der Waals surface area (Å²) in [4.78, 5) is 26.3. The molecular weight excluding hydrogens is 308 g/mol. The number of nitrogens with one attached hydrogen (secondary N) is 1. The molecule has 1 aromatic carbocycles. The summed E-state index contributed by atoms with van der Waals surface area (Å²) in [5.41, 5.74) is 3.16. The highest BCUT2D eigenvalue weighted by molar-refractivity contribution is 5.85. The van der Waals surface area contributed by atoms with Gasteiger partial charge in [0, 0.05) is 30.1 Å². The fraction of sp³-hybridized carbons (Fsp3) is 0.444. The summed E-state index contributed by atoms with van der Waals surface area (Å²) < 4.78 is 5.44. The lowest BCUT2D eigenvalue weighted by Crippen LogP contribution is -2.39. The number of carbonyl (C=O) groups is 2. The summed E-state index contributed by atoms with van der Waals surface area (Å²) in [6.45, 7) is 8.07. The topological polar surface area (TPSA) is 82.6 Å². The number of nitrogens with zero attached hydrogens (tertiary/aromatic N) is 1. The maximum Gasteiger partial charge on any atom is 0.410 e. The Balaban J connectivity index is 0.000000471. The number of carboxylic acids is 1. The van der Waals surface area contributed by atoms with Gasteiger partial charge in [-0.3, -0.25) is 4.79 Å². The Hall–Kier alpha value is -2.50. The molecular formula is C18H24N2O4. The van der Waals surface area contributed by atoms with E-state index in [0.29, 0.717) is 13.1 Å². The zero-order valence-electron chi connectivity index (χ0n) is 14.5. The second-order valence-electron chi connectivity index (χ2n) is 6.80. The van der Waals surface area contributed by atoms with Crippen molar-refractivity contribution in [3.05, 3.63) is 35.5 Å². The third kappa shape index (κ3) is 4.50. The first-order chi connectivity index (χ1) is 11.2. The van der Waals surface area contributed by atoms with Crippen LogP contribution in [-0.2, 0) is 22.5 Å². The number of aliphatic carboxylic acids is 1. The Morgan fingerprint density at radius 3 is 2.50 bits per heavy atom. The van der Waals surface area contributed by atoms with E-state index in [1.807, 2.05) is 26.8 Å². The molecule has 0 aliphatic carbocycles. The Morgan fingerprint density at radius 2 is 1.88 bits per heavy atom. The van der Waals surface area contributed by atoms with Crippen LogP contribution < -0.4 is 0 Å². The van der Waals surface area contributed by atoms with Gasteiger partial charge >= 0.3 is 6.09 Å². The SMILES string of the molecule is CC(=O)O.CC(C)(C)OC(=O)N1CCc2c([nH]c3ccccc23)C1. The normalized spacial score (nSPS) is 13.8. The number of H-pyrrole nitrogens is 1. The number of ether oxygens (including phenoxy) is 1. The van der Waals surface area contributed by atoms with E-state index in [9.17, 15) is 4.79 Å². The molecule has 3 rings (SSSR count). The van der Waals surface area contributed by atoms with Gasteiger partial charge in [-0.15, -0.1) is 0 Å². The molecule has 1 aliphatic heterocycles. The Morgan fingerprint density at radius 1 is 1.25 bits per heavy atom. The first kappa shape index (κ1) is 17.8. The first-order valence-corrected chi connectivity index (χ1v) is 7.93. The molecule has 2 N–H and O–H groups in total. The molecule has 0 saturated heterocycles. The van der Waals surface area contributed by atoms with Crippen molar-refractivity contribution in [1.82, 2.24) is 9.88 Å². The summed E-state index contributed by atoms with van der Waals surface area (Å²) in [6.07, 6.45) is 0.639. The molecule has 2 heterocycles. The van der Waals surface area contributed by atoms with Crippen LogP contribution in [0.2, 0.25) is 0 Å². The van der Waals surface area contributed by atoms with Crippen LogP contribution in [0, 0.1) is 0 Å².